The van der Waals surface area contributed by atoms with Crippen LogP contribution in [0.15, 0.2) is 65.3 Å². The van der Waals surface area contributed by atoms with E-state index in [9.17, 15) is 4.79 Å². The maximum absolute atomic E-state index is 13.2. The summed E-state index contributed by atoms with van der Waals surface area (Å²) in [6.07, 6.45) is 3.69. The van der Waals surface area contributed by atoms with Crippen molar-refractivity contribution < 1.29 is 9.21 Å². The Hall–Kier alpha value is -2.76. The van der Waals surface area contributed by atoms with Gasteiger partial charge in [-0.25, -0.2) is 4.98 Å². The number of furan rings is 1. The molecular weight excluding hydrogens is 433 g/mol. The van der Waals surface area contributed by atoms with Crippen molar-refractivity contribution in [2.24, 2.45) is 0 Å². The zero-order chi connectivity index (χ0) is 21.8. The predicted molar refractivity (Wildman–Crippen MR) is 124 cm³/mol. The fraction of sp³-hybridized carbons (Fsp3) is 0.250. The molecule has 0 saturated heterocycles. The van der Waals surface area contributed by atoms with E-state index < -0.39 is 0 Å². The molecule has 0 aliphatic rings. The number of nitrogens with one attached hydrogen (secondary N) is 1. The fourth-order valence-electron chi connectivity index (χ4n) is 3.76. The quantitative estimate of drug-likeness (QED) is 0.344. The number of benzene rings is 2. The molecule has 0 saturated carbocycles. The summed E-state index contributed by atoms with van der Waals surface area (Å²) in [4.78, 5) is 18.1. The van der Waals surface area contributed by atoms with Gasteiger partial charge in [0.1, 0.15) is 17.6 Å². The van der Waals surface area contributed by atoms with Gasteiger partial charge in [0.15, 0.2) is 0 Å². The van der Waals surface area contributed by atoms with Crippen molar-refractivity contribution >= 4 is 40.1 Å². The second-order valence-electron chi connectivity index (χ2n) is 7.41. The molecule has 1 atom stereocenters. The molecule has 2 aromatic carbocycles. The van der Waals surface area contributed by atoms with Crippen molar-refractivity contribution in [3.8, 4) is 0 Å². The normalized spacial score (nSPS) is 12.2. The van der Waals surface area contributed by atoms with Gasteiger partial charge in [-0.3, -0.25) is 4.79 Å². The summed E-state index contributed by atoms with van der Waals surface area (Å²) in [7, 11) is 0. The minimum Gasteiger partial charge on any atom is -0.467 e. The average Bonchev–Trinajstić information content (AvgIpc) is 3.40. The Balaban J connectivity index is 1.70. The zero-order valence-corrected chi connectivity index (χ0v) is 18.7. The molecule has 0 fully saturated rings. The highest BCUT2D eigenvalue weighted by atomic mass is 35.5. The second kappa shape index (κ2) is 9.58. The number of para-hydroxylation sites is 2. The highest BCUT2D eigenvalue weighted by Gasteiger charge is 2.25. The highest BCUT2D eigenvalue weighted by Crippen LogP contribution is 2.28. The molecule has 7 heteroatoms. The summed E-state index contributed by atoms with van der Waals surface area (Å²) < 4.78 is 7.41. The lowest BCUT2D eigenvalue weighted by Gasteiger charge is -2.21. The number of nitrogens with zero attached hydrogens (tertiary/aromatic N) is 2. The molecule has 4 rings (SSSR count). The number of fused-ring (bicyclic) bond motifs is 1. The molecule has 5 nitrogen and oxygen atoms in total. The van der Waals surface area contributed by atoms with Gasteiger partial charge in [-0.15, -0.1) is 0 Å². The fourth-order valence-corrected chi connectivity index (χ4v) is 4.08. The summed E-state index contributed by atoms with van der Waals surface area (Å²) in [6.45, 7) is 2.42. The van der Waals surface area contributed by atoms with Crippen LogP contribution < -0.4 is 5.32 Å². The number of carbonyl (C=O) groups excluding carboxylic acids is 1. The molecule has 2 heterocycles. The number of halogens is 2. The van der Waals surface area contributed by atoms with E-state index in [1.54, 1.807) is 12.3 Å². The van der Waals surface area contributed by atoms with E-state index in [0.29, 0.717) is 29.4 Å². The van der Waals surface area contributed by atoms with Gasteiger partial charge in [0.05, 0.1) is 33.9 Å². The Kier molecular flexibility index (Phi) is 6.64. The van der Waals surface area contributed by atoms with E-state index in [1.165, 1.54) is 0 Å². The van der Waals surface area contributed by atoms with Crippen LogP contribution in [0.5, 0.6) is 0 Å². The second-order valence-corrected chi connectivity index (χ2v) is 8.23. The van der Waals surface area contributed by atoms with Crippen LogP contribution >= 0.6 is 23.2 Å². The first kappa shape index (κ1) is 21.5. The van der Waals surface area contributed by atoms with Gasteiger partial charge in [0.2, 0.25) is 5.91 Å². The van der Waals surface area contributed by atoms with Gasteiger partial charge in [0.25, 0.3) is 0 Å². The molecule has 1 N–H and O–H groups in total. The molecule has 0 aliphatic carbocycles. The summed E-state index contributed by atoms with van der Waals surface area (Å²) in [5.74, 6) is 1.47. The third kappa shape index (κ3) is 4.78. The van der Waals surface area contributed by atoms with Gasteiger partial charge < -0.3 is 14.3 Å². The minimum atomic E-state index is -0.384. The Labute approximate surface area is 191 Å². The molecule has 160 valence electrons. The molecule has 0 bridgehead atoms. The molecule has 4 aromatic rings. The number of amides is 1. The van der Waals surface area contributed by atoms with Crippen LogP contribution in [0.1, 0.15) is 43.0 Å². The first-order valence-corrected chi connectivity index (χ1v) is 11.0. The Morgan fingerprint density at radius 2 is 1.97 bits per heavy atom. The smallest absolute Gasteiger partial charge is 0.243 e. The van der Waals surface area contributed by atoms with Crippen molar-refractivity contribution in [2.75, 3.05) is 0 Å². The lowest BCUT2D eigenvalue weighted by atomic mass is 10.1. The van der Waals surface area contributed by atoms with Gasteiger partial charge in [-0.05, 0) is 48.4 Å². The van der Waals surface area contributed by atoms with E-state index in [0.717, 1.165) is 34.6 Å². The molecular formula is C24H23Cl2N3O2. The standard InChI is InChI=1S/C24H23Cl2N3O2/c1-2-6-22(24(30)27-15-17-7-5-12-31-17)29-21-9-4-3-8-20(21)28-23(29)14-16-10-11-18(25)19(26)13-16/h3-5,7-13,22H,2,6,14-15H2,1H3,(H,27,30)/t22-/m1/s1. The molecule has 2 aromatic heterocycles. The lowest BCUT2D eigenvalue weighted by molar-refractivity contribution is -0.124. The van der Waals surface area contributed by atoms with Crippen LogP contribution in [-0.2, 0) is 17.8 Å². The van der Waals surface area contributed by atoms with E-state index in [1.807, 2.05) is 48.5 Å². The maximum atomic E-state index is 13.2. The van der Waals surface area contributed by atoms with Crippen LogP contribution in [0.25, 0.3) is 11.0 Å². The third-order valence-electron chi connectivity index (χ3n) is 5.21. The van der Waals surface area contributed by atoms with E-state index in [2.05, 4.69) is 16.8 Å². The van der Waals surface area contributed by atoms with Crippen LogP contribution in [0.4, 0.5) is 0 Å². The molecule has 31 heavy (non-hydrogen) atoms. The van der Waals surface area contributed by atoms with E-state index in [4.69, 9.17) is 32.6 Å². The predicted octanol–water partition coefficient (Wildman–Crippen LogP) is 6.18. The van der Waals surface area contributed by atoms with E-state index >= 15 is 0 Å². The molecule has 0 spiro atoms. The SMILES string of the molecule is CCC[C@H](C(=O)NCc1ccco1)n1c(Cc2ccc(Cl)c(Cl)c2)nc2ccccc21. The van der Waals surface area contributed by atoms with Crippen molar-refractivity contribution in [1.82, 2.24) is 14.9 Å². The average molecular weight is 456 g/mol. The number of carbonyl (C=O) groups is 1. The summed E-state index contributed by atoms with van der Waals surface area (Å²) in [5.41, 5.74) is 2.78. The highest BCUT2D eigenvalue weighted by molar-refractivity contribution is 6.42. The third-order valence-corrected chi connectivity index (χ3v) is 5.95. The van der Waals surface area contributed by atoms with Crippen LogP contribution in [0.2, 0.25) is 10.0 Å². The number of aromatic nitrogens is 2. The van der Waals surface area contributed by atoms with Crippen molar-refractivity contribution in [3.63, 3.8) is 0 Å². The topological polar surface area (TPSA) is 60.1 Å². The molecule has 0 aliphatic heterocycles. The largest absolute Gasteiger partial charge is 0.467 e. The summed E-state index contributed by atoms with van der Waals surface area (Å²) in [5, 5.41) is 4.03. The Bertz CT molecular complexity index is 1180. The number of rotatable bonds is 8. The maximum Gasteiger partial charge on any atom is 0.243 e. The zero-order valence-electron chi connectivity index (χ0n) is 17.1. The monoisotopic (exact) mass is 455 g/mol. The summed E-state index contributed by atoms with van der Waals surface area (Å²) >= 11 is 12.3. The molecule has 1 amide bonds. The van der Waals surface area contributed by atoms with Crippen LogP contribution in [0.3, 0.4) is 0 Å². The van der Waals surface area contributed by atoms with Crippen molar-refractivity contribution in [3.05, 3.63) is 88.1 Å². The van der Waals surface area contributed by atoms with Gasteiger partial charge in [0, 0.05) is 6.42 Å². The van der Waals surface area contributed by atoms with Crippen molar-refractivity contribution in [1.29, 1.82) is 0 Å². The van der Waals surface area contributed by atoms with Gasteiger partial charge in [-0.1, -0.05) is 54.7 Å². The minimum absolute atomic E-state index is 0.0585. The van der Waals surface area contributed by atoms with Gasteiger partial charge >= 0.3 is 0 Å². The Morgan fingerprint density at radius 1 is 1.13 bits per heavy atom. The van der Waals surface area contributed by atoms with Crippen LogP contribution in [-0.4, -0.2) is 15.5 Å². The van der Waals surface area contributed by atoms with Gasteiger partial charge in [-0.2, -0.15) is 0 Å². The number of imidazole rings is 1. The lowest BCUT2D eigenvalue weighted by Crippen LogP contribution is -2.33. The Morgan fingerprint density at radius 3 is 2.71 bits per heavy atom. The summed E-state index contributed by atoms with van der Waals surface area (Å²) in [6, 6.07) is 16.7. The first-order chi connectivity index (χ1) is 15.1. The van der Waals surface area contributed by atoms with Crippen LogP contribution in [0, 0.1) is 0 Å². The van der Waals surface area contributed by atoms with Crippen molar-refractivity contribution in [2.45, 2.75) is 38.8 Å². The molecule has 0 radical (unpaired) electrons. The number of hydrogen-bond acceptors (Lipinski definition) is 3. The molecule has 0 unspecified atom stereocenters. The van der Waals surface area contributed by atoms with E-state index in [-0.39, 0.29) is 11.9 Å². The number of hydrogen-bond donors (Lipinski definition) is 1. The first-order valence-electron chi connectivity index (χ1n) is 10.3.